The van der Waals surface area contributed by atoms with Gasteiger partial charge in [-0.3, -0.25) is 0 Å². The predicted octanol–water partition coefficient (Wildman–Crippen LogP) is 3.05. The predicted molar refractivity (Wildman–Crippen MR) is 88.3 cm³/mol. The number of benzene rings is 1. The van der Waals surface area contributed by atoms with Crippen LogP contribution in [0.3, 0.4) is 0 Å². The van der Waals surface area contributed by atoms with E-state index in [0.717, 1.165) is 11.1 Å². The number of carbonyl (C=O) groups excluding carboxylic acids is 2. The molecule has 1 N–H and O–H groups in total. The summed E-state index contributed by atoms with van der Waals surface area (Å²) in [6.07, 6.45) is 0.0318. The first-order valence-electron chi connectivity index (χ1n) is 7.37. The van der Waals surface area contributed by atoms with Crippen LogP contribution in [0.2, 0.25) is 0 Å². The largest absolute Gasteiger partial charge is 0.465 e. The van der Waals surface area contributed by atoms with Crippen molar-refractivity contribution in [2.24, 2.45) is 0 Å². The van der Waals surface area contributed by atoms with Crippen molar-refractivity contribution in [2.75, 3.05) is 13.7 Å². The molecule has 0 aromatic heterocycles. The fourth-order valence-electron chi connectivity index (χ4n) is 1.70. The second kappa shape index (κ2) is 8.23. The Balaban J connectivity index is 2.57. The second-order valence-electron chi connectivity index (χ2n) is 6.00. The van der Waals surface area contributed by atoms with Gasteiger partial charge in [0.1, 0.15) is 5.60 Å². The minimum atomic E-state index is -0.513. The zero-order chi connectivity index (χ0) is 17.5. The molecule has 5 heteroatoms. The van der Waals surface area contributed by atoms with Gasteiger partial charge in [0.25, 0.3) is 0 Å². The zero-order valence-corrected chi connectivity index (χ0v) is 14.3. The maximum absolute atomic E-state index is 11.5. The second-order valence-corrected chi connectivity index (χ2v) is 6.00. The molecule has 1 aromatic rings. The Kier molecular flexibility index (Phi) is 6.65. The highest BCUT2D eigenvalue weighted by Crippen LogP contribution is 2.11. The number of carbonyl (C=O) groups is 2. The van der Waals surface area contributed by atoms with Crippen LogP contribution >= 0.6 is 0 Å². The quantitative estimate of drug-likeness (QED) is 0.529. The van der Waals surface area contributed by atoms with Crippen molar-refractivity contribution in [3.05, 3.63) is 34.9 Å². The van der Waals surface area contributed by atoms with Gasteiger partial charge in [0.05, 0.1) is 12.7 Å². The number of nitrogens with one attached hydrogen (secondary N) is 1. The van der Waals surface area contributed by atoms with Crippen LogP contribution in [0.4, 0.5) is 4.79 Å². The monoisotopic (exact) mass is 317 g/mol. The molecule has 0 unspecified atom stereocenters. The summed E-state index contributed by atoms with van der Waals surface area (Å²) in [5.41, 5.74) is 1.70. The molecule has 1 rings (SSSR count). The van der Waals surface area contributed by atoms with E-state index in [1.54, 1.807) is 12.1 Å². The lowest BCUT2D eigenvalue weighted by Crippen LogP contribution is -2.32. The third kappa shape index (κ3) is 6.88. The molecule has 0 atom stereocenters. The summed E-state index contributed by atoms with van der Waals surface area (Å²) >= 11 is 0. The van der Waals surface area contributed by atoms with Gasteiger partial charge < -0.3 is 14.8 Å². The molecule has 0 spiro atoms. The average molecular weight is 317 g/mol. The number of ether oxygens (including phenoxy) is 2. The van der Waals surface area contributed by atoms with Crippen molar-refractivity contribution in [2.45, 2.75) is 39.7 Å². The summed E-state index contributed by atoms with van der Waals surface area (Å²) in [7, 11) is 1.34. The molecule has 0 heterocycles. The van der Waals surface area contributed by atoms with Gasteiger partial charge in [0, 0.05) is 18.5 Å². The highest BCUT2D eigenvalue weighted by Gasteiger charge is 2.15. The van der Waals surface area contributed by atoms with Crippen LogP contribution in [0.1, 0.15) is 48.7 Å². The minimum absolute atomic E-state index is 0.389. The summed E-state index contributed by atoms with van der Waals surface area (Å²) in [6.45, 7) is 7.75. The molecular formula is C18H23NO4. The number of methoxy groups -OCH3 is 1. The molecular weight excluding hydrogens is 294 g/mol. The number of alkyl carbamates (subject to hydrolysis) is 1. The van der Waals surface area contributed by atoms with Crippen molar-refractivity contribution < 1.29 is 19.1 Å². The Morgan fingerprint density at radius 2 is 1.96 bits per heavy atom. The molecule has 0 saturated carbocycles. The lowest BCUT2D eigenvalue weighted by molar-refractivity contribution is 0.0527. The van der Waals surface area contributed by atoms with Crippen molar-refractivity contribution in [1.29, 1.82) is 0 Å². The standard InChI is InChI=1S/C18H23NO4/c1-13-9-10-15(16(20)22-5)12-14(13)8-6-7-11-19-17(21)23-18(2,3)4/h9-10,12H,7,11H2,1-5H3,(H,19,21). The summed E-state index contributed by atoms with van der Waals surface area (Å²) in [5.74, 6) is 5.59. The molecule has 5 nitrogen and oxygen atoms in total. The average Bonchev–Trinajstić information content (AvgIpc) is 2.46. The first-order valence-corrected chi connectivity index (χ1v) is 7.37. The number of hydrogen-bond donors (Lipinski definition) is 1. The highest BCUT2D eigenvalue weighted by molar-refractivity contribution is 5.89. The lowest BCUT2D eigenvalue weighted by Gasteiger charge is -2.19. The molecule has 0 saturated heterocycles. The van der Waals surface area contributed by atoms with E-state index >= 15 is 0 Å². The Morgan fingerprint density at radius 1 is 1.26 bits per heavy atom. The zero-order valence-electron chi connectivity index (χ0n) is 14.3. The van der Waals surface area contributed by atoms with E-state index < -0.39 is 11.7 Å². The van der Waals surface area contributed by atoms with Crippen LogP contribution < -0.4 is 5.32 Å². The van der Waals surface area contributed by atoms with Gasteiger partial charge >= 0.3 is 12.1 Å². The molecule has 124 valence electrons. The molecule has 0 fully saturated rings. The smallest absolute Gasteiger partial charge is 0.407 e. The third-order valence-corrected chi connectivity index (χ3v) is 2.80. The number of hydrogen-bond acceptors (Lipinski definition) is 4. The number of aryl methyl sites for hydroxylation is 1. The van der Waals surface area contributed by atoms with E-state index in [-0.39, 0.29) is 5.97 Å². The number of esters is 1. The van der Waals surface area contributed by atoms with Gasteiger partial charge in [-0.15, -0.1) is 0 Å². The molecule has 0 aliphatic heterocycles. The summed E-state index contributed by atoms with van der Waals surface area (Å²) in [5, 5.41) is 2.64. The summed E-state index contributed by atoms with van der Waals surface area (Å²) in [6, 6.07) is 5.24. The van der Waals surface area contributed by atoms with E-state index in [4.69, 9.17) is 9.47 Å². The molecule has 0 bridgehead atoms. The van der Waals surface area contributed by atoms with Gasteiger partial charge in [-0.25, -0.2) is 9.59 Å². The molecule has 23 heavy (non-hydrogen) atoms. The van der Waals surface area contributed by atoms with E-state index in [1.807, 2.05) is 33.8 Å². The van der Waals surface area contributed by atoms with E-state index in [9.17, 15) is 9.59 Å². The van der Waals surface area contributed by atoms with Crippen LogP contribution in [0, 0.1) is 18.8 Å². The van der Waals surface area contributed by atoms with E-state index in [1.165, 1.54) is 7.11 Å². The van der Waals surface area contributed by atoms with Crippen LogP contribution in [0.25, 0.3) is 0 Å². The third-order valence-electron chi connectivity index (χ3n) is 2.80. The number of rotatable bonds is 3. The maximum Gasteiger partial charge on any atom is 0.407 e. The van der Waals surface area contributed by atoms with Crippen LogP contribution in [0.15, 0.2) is 18.2 Å². The maximum atomic E-state index is 11.5. The van der Waals surface area contributed by atoms with Gasteiger partial charge in [0.2, 0.25) is 0 Å². The van der Waals surface area contributed by atoms with Crippen molar-refractivity contribution in [3.63, 3.8) is 0 Å². The summed E-state index contributed by atoms with van der Waals surface area (Å²) in [4.78, 5) is 23.0. The van der Waals surface area contributed by atoms with Crippen LogP contribution in [-0.2, 0) is 9.47 Å². The first-order chi connectivity index (χ1) is 10.7. The Hall–Kier alpha value is -2.48. The normalized spacial score (nSPS) is 10.3. The van der Waals surface area contributed by atoms with Gasteiger partial charge in [0.15, 0.2) is 0 Å². The molecule has 0 radical (unpaired) electrons. The van der Waals surface area contributed by atoms with E-state index in [0.29, 0.717) is 18.5 Å². The topological polar surface area (TPSA) is 64.6 Å². The first kappa shape index (κ1) is 18.6. The number of amides is 1. The van der Waals surface area contributed by atoms with Gasteiger partial charge in [-0.1, -0.05) is 17.9 Å². The Labute approximate surface area is 137 Å². The molecule has 0 aliphatic carbocycles. The van der Waals surface area contributed by atoms with E-state index in [2.05, 4.69) is 17.2 Å². The van der Waals surface area contributed by atoms with Crippen LogP contribution in [0.5, 0.6) is 0 Å². The molecule has 0 aliphatic rings. The Morgan fingerprint density at radius 3 is 2.57 bits per heavy atom. The lowest BCUT2D eigenvalue weighted by atomic mass is 10.1. The SMILES string of the molecule is COC(=O)c1ccc(C)c(C#CCCNC(=O)OC(C)(C)C)c1. The van der Waals surface area contributed by atoms with Crippen LogP contribution in [-0.4, -0.2) is 31.3 Å². The fraction of sp³-hybridized carbons (Fsp3) is 0.444. The summed E-state index contributed by atoms with van der Waals surface area (Å²) < 4.78 is 9.82. The fourth-order valence-corrected chi connectivity index (χ4v) is 1.70. The van der Waals surface area contributed by atoms with Gasteiger partial charge in [-0.2, -0.15) is 0 Å². The van der Waals surface area contributed by atoms with Crippen molar-refractivity contribution >= 4 is 12.1 Å². The van der Waals surface area contributed by atoms with Crippen molar-refractivity contribution in [1.82, 2.24) is 5.32 Å². The van der Waals surface area contributed by atoms with Crippen molar-refractivity contribution in [3.8, 4) is 11.8 Å². The Bertz CT molecular complexity index is 633. The molecule has 1 amide bonds. The highest BCUT2D eigenvalue weighted by atomic mass is 16.6. The molecule has 1 aromatic carbocycles. The minimum Gasteiger partial charge on any atom is -0.465 e. The van der Waals surface area contributed by atoms with Gasteiger partial charge in [-0.05, 0) is 45.4 Å².